The quantitative estimate of drug-likeness (QED) is 0.654. The van der Waals surface area contributed by atoms with Gasteiger partial charge < -0.3 is 4.90 Å². The molecule has 7 aliphatic rings. The Kier molecular flexibility index (Phi) is 3.98. The third-order valence-electron chi connectivity index (χ3n) is 10.3. The third kappa shape index (κ3) is 2.26. The molecule has 3 saturated heterocycles. The largest absolute Gasteiger partial charge is 0.322 e. The predicted octanol–water partition coefficient (Wildman–Crippen LogP) is 4.41. The SMILES string of the molecule is O=C1C2CCC3SC4CCCCC4C4CCC(C2C34)C2NC3CCCCC3N12. The molecule has 3 aliphatic heterocycles. The Bertz CT molecular complexity index is 669. The smallest absolute Gasteiger partial charge is 0.227 e. The molecule has 11 atom stereocenters. The summed E-state index contributed by atoms with van der Waals surface area (Å²) >= 11 is 2.40. The molecule has 4 saturated carbocycles. The summed E-state index contributed by atoms with van der Waals surface area (Å²) in [4.78, 5) is 16.2. The first kappa shape index (κ1) is 17.5. The number of rotatable bonds is 0. The lowest BCUT2D eigenvalue weighted by molar-refractivity contribution is -0.164. The maximum atomic E-state index is 13.8. The molecule has 7 fully saturated rings. The number of carbonyl (C=O) groups excluding carboxylic acids is 1. The molecule has 3 nitrogen and oxygen atoms in total. The van der Waals surface area contributed by atoms with E-state index in [1.54, 1.807) is 0 Å². The lowest BCUT2D eigenvalue weighted by Gasteiger charge is -2.62. The van der Waals surface area contributed by atoms with Crippen molar-refractivity contribution in [1.29, 1.82) is 0 Å². The summed E-state index contributed by atoms with van der Waals surface area (Å²) in [7, 11) is 0. The minimum Gasteiger partial charge on any atom is -0.322 e. The minimum atomic E-state index is 0.369. The van der Waals surface area contributed by atoms with Crippen molar-refractivity contribution in [2.24, 2.45) is 35.5 Å². The zero-order valence-electron chi connectivity index (χ0n) is 17.1. The van der Waals surface area contributed by atoms with Gasteiger partial charge in [0, 0.05) is 28.5 Å². The highest BCUT2D eigenvalue weighted by atomic mass is 32.2. The zero-order valence-corrected chi connectivity index (χ0v) is 17.9. The van der Waals surface area contributed by atoms with E-state index in [0.717, 1.165) is 34.2 Å². The fraction of sp³-hybridized carbons (Fsp3) is 0.958. The molecule has 11 unspecified atom stereocenters. The zero-order chi connectivity index (χ0) is 18.4. The number of hydrogen-bond donors (Lipinski definition) is 1. The van der Waals surface area contributed by atoms with Crippen molar-refractivity contribution in [3.63, 3.8) is 0 Å². The van der Waals surface area contributed by atoms with Crippen LogP contribution in [0.15, 0.2) is 0 Å². The van der Waals surface area contributed by atoms with Crippen molar-refractivity contribution in [2.75, 3.05) is 0 Å². The van der Waals surface area contributed by atoms with Crippen LogP contribution in [-0.4, -0.2) is 39.6 Å². The normalized spacial score (nSPS) is 57.1. The van der Waals surface area contributed by atoms with Crippen molar-refractivity contribution in [2.45, 2.75) is 106 Å². The molecule has 0 aromatic heterocycles. The average molecular weight is 401 g/mol. The van der Waals surface area contributed by atoms with E-state index in [1.165, 1.54) is 77.0 Å². The molecule has 0 aromatic rings. The minimum absolute atomic E-state index is 0.369. The van der Waals surface area contributed by atoms with Crippen LogP contribution in [0.3, 0.4) is 0 Å². The number of nitrogens with zero attached hydrogens (tertiary/aromatic N) is 1. The number of carbonyl (C=O) groups is 1. The Balaban J connectivity index is 1.25. The lowest BCUT2D eigenvalue weighted by atomic mass is 9.51. The highest BCUT2D eigenvalue weighted by Gasteiger charge is 2.63. The van der Waals surface area contributed by atoms with E-state index in [0.29, 0.717) is 36.0 Å². The molecule has 0 radical (unpaired) electrons. The monoisotopic (exact) mass is 400 g/mol. The topological polar surface area (TPSA) is 32.3 Å². The van der Waals surface area contributed by atoms with Crippen LogP contribution in [0.1, 0.15) is 77.0 Å². The second-order valence-electron chi connectivity index (χ2n) is 11.2. The van der Waals surface area contributed by atoms with Crippen molar-refractivity contribution in [3.8, 4) is 0 Å². The van der Waals surface area contributed by atoms with Crippen LogP contribution in [0.25, 0.3) is 0 Å². The average Bonchev–Trinajstić information content (AvgIpc) is 3.13. The molecule has 28 heavy (non-hydrogen) atoms. The van der Waals surface area contributed by atoms with Gasteiger partial charge in [0.2, 0.25) is 5.91 Å². The van der Waals surface area contributed by atoms with Gasteiger partial charge in [-0.3, -0.25) is 10.1 Å². The molecule has 0 spiro atoms. The summed E-state index contributed by atoms with van der Waals surface area (Å²) in [5.74, 6) is 5.18. The summed E-state index contributed by atoms with van der Waals surface area (Å²) in [6.07, 6.45) is 16.9. The Morgan fingerprint density at radius 1 is 0.750 bits per heavy atom. The van der Waals surface area contributed by atoms with E-state index in [4.69, 9.17) is 0 Å². The van der Waals surface area contributed by atoms with E-state index >= 15 is 0 Å². The second kappa shape index (κ2) is 6.39. The maximum Gasteiger partial charge on any atom is 0.227 e. The van der Waals surface area contributed by atoms with Crippen molar-refractivity contribution >= 4 is 17.7 Å². The van der Waals surface area contributed by atoms with Gasteiger partial charge in [0.1, 0.15) is 0 Å². The van der Waals surface area contributed by atoms with Crippen LogP contribution in [-0.2, 0) is 4.79 Å². The highest BCUT2D eigenvalue weighted by Crippen LogP contribution is 2.64. The maximum absolute atomic E-state index is 13.8. The Labute approximate surface area is 174 Å². The molecule has 3 heterocycles. The van der Waals surface area contributed by atoms with E-state index in [1.807, 2.05) is 0 Å². The summed E-state index contributed by atoms with van der Waals surface area (Å²) in [6.45, 7) is 0. The van der Waals surface area contributed by atoms with Crippen molar-refractivity contribution in [1.82, 2.24) is 10.2 Å². The van der Waals surface area contributed by atoms with E-state index in [-0.39, 0.29) is 0 Å². The van der Waals surface area contributed by atoms with Gasteiger partial charge in [-0.1, -0.05) is 25.7 Å². The second-order valence-corrected chi connectivity index (χ2v) is 12.7. The van der Waals surface area contributed by atoms with Gasteiger partial charge in [-0.2, -0.15) is 11.8 Å². The van der Waals surface area contributed by atoms with E-state index in [9.17, 15) is 4.79 Å². The number of piperidine rings is 1. The van der Waals surface area contributed by atoms with E-state index in [2.05, 4.69) is 22.0 Å². The Morgan fingerprint density at radius 3 is 2.54 bits per heavy atom. The van der Waals surface area contributed by atoms with Gasteiger partial charge in [-0.25, -0.2) is 0 Å². The van der Waals surface area contributed by atoms with Crippen LogP contribution in [0, 0.1) is 35.5 Å². The standard InChI is InChI=1S/C24H36N2OS/c27-24-16-11-12-20-22-14(13-5-1-4-8-19(13)28-20)9-10-15(21(16)22)23-25-17-6-2-3-7-18(17)26(23)24/h13-23,25H,1-12H2. The first-order valence-corrected chi connectivity index (χ1v) is 13.5. The number of amides is 1. The van der Waals surface area contributed by atoms with Crippen LogP contribution in [0.4, 0.5) is 0 Å². The van der Waals surface area contributed by atoms with Gasteiger partial charge in [0.15, 0.2) is 0 Å². The van der Waals surface area contributed by atoms with Crippen LogP contribution in [0.2, 0.25) is 0 Å². The summed E-state index contributed by atoms with van der Waals surface area (Å²) in [5.41, 5.74) is 0. The van der Waals surface area contributed by atoms with E-state index < -0.39 is 0 Å². The molecule has 4 heteroatoms. The molecular formula is C24H36N2OS. The molecule has 0 bridgehead atoms. The van der Waals surface area contributed by atoms with Crippen LogP contribution >= 0.6 is 11.8 Å². The fourth-order valence-corrected chi connectivity index (χ4v) is 11.6. The molecule has 1 N–H and O–H groups in total. The first-order chi connectivity index (χ1) is 13.8. The Hall–Kier alpha value is -0.220. The van der Waals surface area contributed by atoms with Crippen molar-refractivity contribution < 1.29 is 4.79 Å². The number of nitrogens with one attached hydrogen (secondary N) is 1. The van der Waals surface area contributed by atoms with Gasteiger partial charge in [0.05, 0.1) is 6.17 Å². The molecule has 1 amide bonds. The molecule has 4 aliphatic carbocycles. The third-order valence-corrected chi connectivity index (χ3v) is 12.2. The van der Waals surface area contributed by atoms with Gasteiger partial charge in [-0.05, 0) is 81.0 Å². The summed E-state index contributed by atoms with van der Waals surface area (Å²) in [5, 5.41) is 5.86. The Morgan fingerprint density at radius 2 is 1.57 bits per heavy atom. The summed E-state index contributed by atoms with van der Waals surface area (Å²) < 4.78 is 0. The number of fused-ring (bicyclic) bond motifs is 6. The predicted molar refractivity (Wildman–Crippen MR) is 113 cm³/mol. The van der Waals surface area contributed by atoms with Crippen LogP contribution in [0.5, 0.6) is 0 Å². The molecule has 0 aromatic carbocycles. The number of thioether (sulfide) groups is 1. The first-order valence-electron chi connectivity index (χ1n) is 12.5. The van der Waals surface area contributed by atoms with Gasteiger partial charge in [-0.15, -0.1) is 0 Å². The van der Waals surface area contributed by atoms with Gasteiger partial charge >= 0.3 is 0 Å². The van der Waals surface area contributed by atoms with Crippen molar-refractivity contribution in [3.05, 3.63) is 0 Å². The van der Waals surface area contributed by atoms with Gasteiger partial charge in [0.25, 0.3) is 0 Å². The lowest BCUT2D eigenvalue weighted by Crippen LogP contribution is -2.66. The molecular weight excluding hydrogens is 364 g/mol. The summed E-state index contributed by atoms with van der Waals surface area (Å²) in [6, 6.07) is 1.12. The fourth-order valence-electron chi connectivity index (χ4n) is 9.45. The van der Waals surface area contributed by atoms with Crippen LogP contribution < -0.4 is 5.32 Å². The number of hydrogen-bond acceptors (Lipinski definition) is 3. The molecule has 154 valence electrons. The highest BCUT2D eigenvalue weighted by molar-refractivity contribution is 8.00. The molecule has 7 rings (SSSR count).